The van der Waals surface area contributed by atoms with Crippen molar-refractivity contribution in [2.45, 2.75) is 20.3 Å². The van der Waals surface area contributed by atoms with Crippen molar-refractivity contribution in [3.8, 4) is 0 Å². The van der Waals surface area contributed by atoms with Gasteiger partial charge in [0.1, 0.15) is 6.54 Å². The zero-order valence-electron chi connectivity index (χ0n) is 8.41. The van der Waals surface area contributed by atoms with Crippen LogP contribution in [0.4, 0.5) is 0 Å². The van der Waals surface area contributed by atoms with E-state index in [9.17, 15) is 9.59 Å². The van der Waals surface area contributed by atoms with Crippen LogP contribution < -0.4 is 0 Å². The Kier molecular flexibility index (Phi) is 2.90. The molecule has 0 radical (unpaired) electrons. The minimum absolute atomic E-state index is 0.0251. The summed E-state index contributed by atoms with van der Waals surface area (Å²) < 4.78 is 0. The Bertz CT molecular complexity index is 226. The average molecular weight is 184 g/mol. The average Bonchev–Trinajstić information content (AvgIpc) is 2.31. The smallest absolute Gasteiger partial charge is 0.243 e. The number of hydrogen-bond donors (Lipinski definition) is 0. The first-order valence-corrected chi connectivity index (χ1v) is 4.52. The van der Waals surface area contributed by atoms with Gasteiger partial charge in [-0.1, -0.05) is 13.8 Å². The van der Waals surface area contributed by atoms with Gasteiger partial charge >= 0.3 is 0 Å². The molecule has 1 aliphatic rings. The molecule has 4 nitrogen and oxygen atoms in total. The van der Waals surface area contributed by atoms with Gasteiger partial charge < -0.3 is 9.80 Å². The van der Waals surface area contributed by atoms with Crippen LogP contribution in [0.25, 0.3) is 0 Å². The second-order valence-electron chi connectivity index (χ2n) is 3.92. The largest absolute Gasteiger partial charge is 0.326 e. The van der Waals surface area contributed by atoms with Crippen molar-refractivity contribution in [2.75, 3.05) is 20.3 Å². The first-order valence-electron chi connectivity index (χ1n) is 4.52. The molecule has 2 amide bonds. The Labute approximate surface area is 78.5 Å². The summed E-state index contributed by atoms with van der Waals surface area (Å²) in [5.41, 5.74) is 0. The van der Waals surface area contributed by atoms with E-state index in [0.717, 1.165) is 0 Å². The Morgan fingerprint density at radius 1 is 1.54 bits per heavy atom. The number of rotatable bonds is 2. The van der Waals surface area contributed by atoms with Gasteiger partial charge in [0.2, 0.25) is 11.8 Å². The Hall–Kier alpha value is -1.06. The standard InChI is InChI=1S/C9H16N2O2/c1-7(2)4-8(12)11-5-9(13)10(3)6-11/h7H,4-6H2,1-3H3. The number of nitrogens with zero attached hydrogens (tertiary/aromatic N) is 2. The molecule has 1 saturated heterocycles. The number of hydrogen-bond acceptors (Lipinski definition) is 2. The van der Waals surface area contributed by atoms with E-state index in [4.69, 9.17) is 0 Å². The molecule has 1 aliphatic heterocycles. The zero-order valence-corrected chi connectivity index (χ0v) is 8.41. The third-order valence-electron chi connectivity index (χ3n) is 2.07. The highest BCUT2D eigenvalue weighted by Crippen LogP contribution is 2.09. The summed E-state index contributed by atoms with van der Waals surface area (Å²) in [6.45, 7) is 4.70. The molecule has 13 heavy (non-hydrogen) atoms. The van der Waals surface area contributed by atoms with Crippen LogP contribution in [0.5, 0.6) is 0 Å². The molecule has 0 aromatic carbocycles. The monoisotopic (exact) mass is 184 g/mol. The lowest BCUT2D eigenvalue weighted by atomic mass is 10.1. The summed E-state index contributed by atoms with van der Waals surface area (Å²) in [4.78, 5) is 25.8. The summed E-state index contributed by atoms with van der Waals surface area (Å²) >= 11 is 0. The number of carbonyl (C=O) groups excluding carboxylic acids is 2. The van der Waals surface area contributed by atoms with Gasteiger partial charge in [0.15, 0.2) is 0 Å². The van der Waals surface area contributed by atoms with Crippen LogP contribution >= 0.6 is 0 Å². The molecule has 1 fully saturated rings. The predicted molar refractivity (Wildman–Crippen MR) is 48.8 cm³/mol. The van der Waals surface area contributed by atoms with Crippen molar-refractivity contribution in [1.29, 1.82) is 0 Å². The minimum atomic E-state index is 0.0251. The maximum atomic E-state index is 11.5. The van der Waals surface area contributed by atoms with E-state index >= 15 is 0 Å². The van der Waals surface area contributed by atoms with Crippen LogP contribution in [0.15, 0.2) is 0 Å². The van der Waals surface area contributed by atoms with Crippen LogP contribution in [-0.2, 0) is 9.59 Å². The molecule has 0 N–H and O–H groups in total. The lowest BCUT2D eigenvalue weighted by molar-refractivity contribution is -0.132. The molecule has 4 heteroatoms. The van der Waals surface area contributed by atoms with Gasteiger partial charge in [0, 0.05) is 13.5 Å². The Morgan fingerprint density at radius 2 is 2.15 bits per heavy atom. The Balaban J connectivity index is 2.46. The van der Waals surface area contributed by atoms with Crippen molar-refractivity contribution < 1.29 is 9.59 Å². The van der Waals surface area contributed by atoms with Gasteiger partial charge in [-0.05, 0) is 5.92 Å². The number of amides is 2. The van der Waals surface area contributed by atoms with Crippen LogP contribution in [0.2, 0.25) is 0 Å². The topological polar surface area (TPSA) is 40.6 Å². The highest BCUT2D eigenvalue weighted by molar-refractivity contribution is 5.87. The predicted octanol–water partition coefficient (Wildman–Crippen LogP) is 0.291. The van der Waals surface area contributed by atoms with E-state index in [0.29, 0.717) is 19.0 Å². The molecule has 0 spiro atoms. The fourth-order valence-corrected chi connectivity index (χ4v) is 1.31. The van der Waals surface area contributed by atoms with E-state index in [-0.39, 0.29) is 18.4 Å². The van der Waals surface area contributed by atoms with Crippen LogP contribution in [-0.4, -0.2) is 41.9 Å². The quantitative estimate of drug-likeness (QED) is 0.619. The van der Waals surface area contributed by atoms with Crippen LogP contribution in [0.3, 0.4) is 0 Å². The molecule has 74 valence electrons. The van der Waals surface area contributed by atoms with Crippen LogP contribution in [0.1, 0.15) is 20.3 Å². The van der Waals surface area contributed by atoms with Crippen molar-refractivity contribution in [3.05, 3.63) is 0 Å². The molecule has 0 aliphatic carbocycles. The summed E-state index contributed by atoms with van der Waals surface area (Å²) in [6, 6.07) is 0. The molecular weight excluding hydrogens is 168 g/mol. The van der Waals surface area contributed by atoms with Crippen molar-refractivity contribution in [2.24, 2.45) is 5.92 Å². The fraction of sp³-hybridized carbons (Fsp3) is 0.778. The van der Waals surface area contributed by atoms with Crippen molar-refractivity contribution >= 4 is 11.8 Å². The summed E-state index contributed by atoms with van der Waals surface area (Å²) in [6.07, 6.45) is 0.529. The summed E-state index contributed by atoms with van der Waals surface area (Å²) in [5, 5.41) is 0. The second-order valence-corrected chi connectivity index (χ2v) is 3.92. The minimum Gasteiger partial charge on any atom is -0.326 e. The van der Waals surface area contributed by atoms with Gasteiger partial charge in [-0.25, -0.2) is 0 Å². The molecule has 0 atom stereocenters. The zero-order chi connectivity index (χ0) is 10.0. The maximum Gasteiger partial charge on any atom is 0.243 e. The van der Waals surface area contributed by atoms with E-state index < -0.39 is 0 Å². The Morgan fingerprint density at radius 3 is 2.54 bits per heavy atom. The molecule has 1 rings (SSSR count). The molecule has 0 bridgehead atoms. The first-order chi connectivity index (χ1) is 6.00. The first kappa shape index (κ1) is 10.0. The van der Waals surface area contributed by atoms with E-state index in [1.807, 2.05) is 13.8 Å². The second kappa shape index (κ2) is 3.77. The third kappa shape index (κ3) is 2.44. The number of likely N-dealkylation sites (N-methyl/N-ethyl adjacent to an activating group) is 1. The van der Waals surface area contributed by atoms with E-state index in [1.165, 1.54) is 0 Å². The third-order valence-corrected chi connectivity index (χ3v) is 2.07. The lowest BCUT2D eigenvalue weighted by Gasteiger charge is -2.15. The van der Waals surface area contributed by atoms with Gasteiger partial charge in [-0.3, -0.25) is 9.59 Å². The maximum absolute atomic E-state index is 11.5. The molecule has 1 heterocycles. The number of carbonyl (C=O) groups is 2. The fourth-order valence-electron chi connectivity index (χ4n) is 1.31. The van der Waals surface area contributed by atoms with Crippen molar-refractivity contribution in [3.63, 3.8) is 0 Å². The molecule has 0 saturated carbocycles. The normalized spacial score (nSPS) is 17.4. The molecule has 0 aromatic heterocycles. The van der Waals surface area contributed by atoms with Gasteiger partial charge in [-0.2, -0.15) is 0 Å². The summed E-state index contributed by atoms with van der Waals surface area (Å²) in [7, 11) is 1.71. The van der Waals surface area contributed by atoms with Crippen LogP contribution in [0, 0.1) is 5.92 Å². The lowest BCUT2D eigenvalue weighted by Crippen LogP contribution is -2.30. The summed E-state index contributed by atoms with van der Waals surface area (Å²) in [5.74, 6) is 0.457. The van der Waals surface area contributed by atoms with Gasteiger partial charge in [0.05, 0.1) is 6.67 Å². The SMILES string of the molecule is CC(C)CC(=O)N1CC(=O)N(C)C1. The van der Waals surface area contributed by atoms with E-state index in [2.05, 4.69) is 0 Å². The van der Waals surface area contributed by atoms with Gasteiger partial charge in [-0.15, -0.1) is 0 Å². The highest BCUT2D eigenvalue weighted by atomic mass is 16.2. The van der Waals surface area contributed by atoms with Gasteiger partial charge in [0.25, 0.3) is 0 Å². The molecule has 0 unspecified atom stereocenters. The van der Waals surface area contributed by atoms with Crippen molar-refractivity contribution in [1.82, 2.24) is 9.80 Å². The van der Waals surface area contributed by atoms with E-state index in [1.54, 1.807) is 16.8 Å². The molecular formula is C9H16N2O2. The highest BCUT2D eigenvalue weighted by Gasteiger charge is 2.27. The molecule has 0 aromatic rings.